The monoisotopic (exact) mass is 438 g/mol. The van der Waals surface area contributed by atoms with Crippen LogP contribution in [0.1, 0.15) is 36.8 Å². The Balaban J connectivity index is 1.33. The smallest absolute Gasteiger partial charge is 0.407 e. The van der Waals surface area contributed by atoms with Gasteiger partial charge in [0.05, 0.1) is 6.10 Å². The van der Waals surface area contributed by atoms with Gasteiger partial charge in [-0.3, -0.25) is 4.79 Å². The number of carbonyl (C=O) groups is 3. The van der Waals surface area contributed by atoms with Gasteiger partial charge in [0.25, 0.3) is 0 Å². The van der Waals surface area contributed by atoms with Crippen molar-refractivity contribution in [3.8, 4) is 11.1 Å². The number of benzene rings is 2. The standard InChI is InChI=1S/C24H26N2O6/c1-14(10-22(28)26-12-15(27)11-21(26)23(29)30)25-24(31)32-13-20-18-8-4-2-6-16(18)17-7-3-5-9-19(17)20/h2-9,14-15,20-21,27H,10-13H2,1H3,(H,25,31)(H,29,30)/t14?,15-,21-/m1/s1. The van der Waals surface area contributed by atoms with Crippen LogP contribution in [0.2, 0.25) is 0 Å². The molecule has 1 heterocycles. The molecule has 1 fully saturated rings. The maximum atomic E-state index is 12.5. The summed E-state index contributed by atoms with van der Waals surface area (Å²) in [5, 5.41) is 21.6. The lowest BCUT2D eigenvalue weighted by Crippen LogP contribution is -2.44. The highest BCUT2D eigenvalue weighted by Gasteiger charge is 2.39. The Kier molecular flexibility index (Phi) is 6.14. The van der Waals surface area contributed by atoms with Gasteiger partial charge in [0.2, 0.25) is 5.91 Å². The van der Waals surface area contributed by atoms with Crippen LogP contribution in [0.5, 0.6) is 0 Å². The van der Waals surface area contributed by atoms with Crippen molar-refractivity contribution in [1.29, 1.82) is 0 Å². The lowest BCUT2D eigenvalue weighted by atomic mass is 9.98. The highest BCUT2D eigenvalue weighted by molar-refractivity contribution is 5.85. The minimum absolute atomic E-state index is 0.00919. The topological polar surface area (TPSA) is 116 Å². The third-order valence-electron chi connectivity index (χ3n) is 6.07. The van der Waals surface area contributed by atoms with Crippen LogP contribution in [0.3, 0.4) is 0 Å². The molecular weight excluding hydrogens is 412 g/mol. The first-order valence-electron chi connectivity index (χ1n) is 10.7. The fourth-order valence-electron chi connectivity index (χ4n) is 4.60. The summed E-state index contributed by atoms with van der Waals surface area (Å²) in [5.41, 5.74) is 4.49. The molecule has 0 spiro atoms. The van der Waals surface area contributed by atoms with Gasteiger partial charge in [-0.2, -0.15) is 0 Å². The van der Waals surface area contributed by atoms with Crippen molar-refractivity contribution in [3.63, 3.8) is 0 Å². The fraction of sp³-hybridized carbons (Fsp3) is 0.375. The van der Waals surface area contributed by atoms with Crippen LogP contribution >= 0.6 is 0 Å². The Morgan fingerprint density at radius 1 is 1.09 bits per heavy atom. The Hall–Kier alpha value is -3.39. The highest BCUT2D eigenvalue weighted by atomic mass is 16.5. The maximum absolute atomic E-state index is 12.5. The molecule has 1 aliphatic carbocycles. The zero-order valence-corrected chi connectivity index (χ0v) is 17.7. The molecule has 0 radical (unpaired) electrons. The number of carboxylic acids is 1. The van der Waals surface area contributed by atoms with Gasteiger partial charge in [-0.1, -0.05) is 48.5 Å². The van der Waals surface area contributed by atoms with E-state index in [1.165, 1.54) is 0 Å². The summed E-state index contributed by atoms with van der Waals surface area (Å²) in [6, 6.07) is 14.5. The number of carbonyl (C=O) groups excluding carboxylic acids is 2. The number of amides is 2. The highest BCUT2D eigenvalue weighted by Crippen LogP contribution is 2.44. The number of aliphatic carboxylic acids is 1. The molecule has 8 heteroatoms. The van der Waals surface area contributed by atoms with Gasteiger partial charge in [0.1, 0.15) is 12.6 Å². The van der Waals surface area contributed by atoms with Crippen LogP contribution in [0.25, 0.3) is 11.1 Å². The molecule has 8 nitrogen and oxygen atoms in total. The minimum atomic E-state index is -1.15. The molecular formula is C24H26N2O6. The summed E-state index contributed by atoms with van der Waals surface area (Å²) >= 11 is 0. The number of nitrogens with one attached hydrogen (secondary N) is 1. The molecule has 0 saturated carbocycles. The molecule has 2 aliphatic rings. The van der Waals surface area contributed by atoms with Crippen LogP contribution in [-0.2, 0) is 14.3 Å². The number of β-amino-alcohol motifs (C(OH)–C–C–N with tert-alkyl or cyclic N) is 1. The summed E-state index contributed by atoms with van der Waals surface area (Å²) in [7, 11) is 0. The maximum Gasteiger partial charge on any atom is 0.407 e. The summed E-state index contributed by atoms with van der Waals surface area (Å²) in [5.74, 6) is -1.64. The van der Waals surface area contributed by atoms with E-state index < -0.39 is 36.2 Å². The molecule has 4 rings (SSSR count). The predicted octanol–water partition coefficient (Wildman–Crippen LogP) is 2.35. The fourth-order valence-corrected chi connectivity index (χ4v) is 4.60. The van der Waals surface area contributed by atoms with E-state index in [4.69, 9.17) is 4.74 Å². The molecule has 3 atom stereocenters. The lowest BCUT2D eigenvalue weighted by molar-refractivity contribution is -0.148. The number of aliphatic hydroxyl groups is 1. The van der Waals surface area contributed by atoms with E-state index in [1.54, 1.807) is 6.92 Å². The number of hydrogen-bond acceptors (Lipinski definition) is 5. The minimum Gasteiger partial charge on any atom is -0.480 e. The molecule has 2 aromatic carbocycles. The Morgan fingerprint density at radius 3 is 2.28 bits per heavy atom. The number of ether oxygens (including phenoxy) is 1. The average Bonchev–Trinajstić information content (AvgIpc) is 3.31. The van der Waals surface area contributed by atoms with Crippen molar-refractivity contribution in [3.05, 3.63) is 59.7 Å². The quantitative estimate of drug-likeness (QED) is 0.638. The Bertz CT molecular complexity index is 993. The molecule has 0 aromatic heterocycles. The van der Waals surface area contributed by atoms with Crippen molar-refractivity contribution >= 4 is 18.0 Å². The van der Waals surface area contributed by atoms with E-state index in [-0.39, 0.29) is 31.9 Å². The third kappa shape index (κ3) is 4.31. The van der Waals surface area contributed by atoms with Gasteiger partial charge < -0.3 is 25.2 Å². The molecule has 2 amide bonds. The number of nitrogens with zero attached hydrogens (tertiary/aromatic N) is 1. The number of carboxylic acid groups (broad SMARTS) is 1. The zero-order valence-electron chi connectivity index (χ0n) is 17.7. The summed E-state index contributed by atoms with van der Waals surface area (Å²) in [6.07, 6.45) is -1.57. The molecule has 1 saturated heterocycles. The van der Waals surface area contributed by atoms with Crippen molar-refractivity contribution < 1.29 is 29.3 Å². The van der Waals surface area contributed by atoms with Crippen molar-refractivity contribution in [1.82, 2.24) is 10.2 Å². The number of likely N-dealkylation sites (tertiary alicyclic amines) is 1. The van der Waals surface area contributed by atoms with Gasteiger partial charge in [-0.05, 0) is 29.2 Å². The van der Waals surface area contributed by atoms with E-state index in [1.807, 2.05) is 36.4 Å². The van der Waals surface area contributed by atoms with Crippen LogP contribution in [-0.4, -0.2) is 64.4 Å². The van der Waals surface area contributed by atoms with E-state index in [0.717, 1.165) is 27.2 Å². The van der Waals surface area contributed by atoms with Crippen LogP contribution < -0.4 is 5.32 Å². The summed E-state index contributed by atoms with van der Waals surface area (Å²) < 4.78 is 5.48. The van der Waals surface area contributed by atoms with Crippen LogP contribution in [0.15, 0.2) is 48.5 Å². The Morgan fingerprint density at radius 2 is 1.69 bits per heavy atom. The van der Waals surface area contributed by atoms with Gasteiger partial charge in [-0.25, -0.2) is 9.59 Å². The molecule has 32 heavy (non-hydrogen) atoms. The number of hydrogen-bond donors (Lipinski definition) is 3. The first kappa shape index (κ1) is 21.8. The lowest BCUT2D eigenvalue weighted by Gasteiger charge is -2.23. The van der Waals surface area contributed by atoms with Gasteiger partial charge in [0, 0.05) is 31.3 Å². The van der Waals surface area contributed by atoms with Crippen molar-refractivity contribution in [2.45, 2.75) is 43.9 Å². The molecule has 3 N–H and O–H groups in total. The van der Waals surface area contributed by atoms with Crippen molar-refractivity contribution in [2.24, 2.45) is 0 Å². The second-order valence-electron chi connectivity index (χ2n) is 8.36. The summed E-state index contributed by atoms with van der Waals surface area (Å²) in [4.78, 5) is 37.3. The number of alkyl carbamates (subject to hydrolysis) is 1. The average molecular weight is 438 g/mol. The van der Waals surface area contributed by atoms with Gasteiger partial charge >= 0.3 is 12.1 Å². The first-order valence-corrected chi connectivity index (χ1v) is 10.7. The molecule has 1 aliphatic heterocycles. The summed E-state index contributed by atoms with van der Waals surface area (Å²) in [6.45, 7) is 1.80. The number of rotatable bonds is 6. The second kappa shape index (κ2) is 9.00. The van der Waals surface area contributed by atoms with Crippen LogP contribution in [0, 0.1) is 0 Å². The molecule has 168 valence electrons. The van der Waals surface area contributed by atoms with Gasteiger partial charge in [0.15, 0.2) is 0 Å². The van der Waals surface area contributed by atoms with E-state index in [0.29, 0.717) is 0 Å². The van der Waals surface area contributed by atoms with Crippen LogP contribution in [0.4, 0.5) is 4.79 Å². The number of aliphatic hydroxyl groups excluding tert-OH is 1. The predicted molar refractivity (Wildman–Crippen MR) is 116 cm³/mol. The SMILES string of the molecule is CC(CC(=O)N1C[C@H](O)C[C@@H]1C(=O)O)NC(=O)OCC1c2ccccc2-c2ccccc21. The second-order valence-corrected chi connectivity index (χ2v) is 8.36. The van der Waals surface area contributed by atoms with Crippen molar-refractivity contribution in [2.75, 3.05) is 13.2 Å². The Labute approximate surface area is 185 Å². The number of fused-ring (bicyclic) bond motifs is 3. The molecule has 2 aromatic rings. The molecule has 0 bridgehead atoms. The third-order valence-corrected chi connectivity index (χ3v) is 6.07. The largest absolute Gasteiger partial charge is 0.480 e. The first-order chi connectivity index (χ1) is 15.3. The molecule has 1 unspecified atom stereocenters. The van der Waals surface area contributed by atoms with E-state index in [2.05, 4.69) is 17.4 Å². The van der Waals surface area contributed by atoms with E-state index >= 15 is 0 Å². The normalized spacial score (nSPS) is 20.4. The van der Waals surface area contributed by atoms with Gasteiger partial charge in [-0.15, -0.1) is 0 Å². The van der Waals surface area contributed by atoms with E-state index in [9.17, 15) is 24.6 Å². The zero-order chi connectivity index (χ0) is 22.8.